The maximum absolute atomic E-state index is 10.8. The molecule has 2 heterocycles. The summed E-state index contributed by atoms with van der Waals surface area (Å²) in [5, 5.41) is 0. The third-order valence-corrected chi connectivity index (χ3v) is 2.83. The van der Waals surface area contributed by atoms with Crippen molar-refractivity contribution < 1.29 is 14.3 Å². The van der Waals surface area contributed by atoms with Crippen molar-refractivity contribution in [2.45, 2.75) is 12.8 Å². The van der Waals surface area contributed by atoms with Crippen LogP contribution >= 0.6 is 0 Å². The fourth-order valence-electron chi connectivity index (χ4n) is 1.73. The van der Waals surface area contributed by atoms with Gasteiger partial charge < -0.3 is 15.2 Å². The van der Waals surface area contributed by atoms with Gasteiger partial charge in [0, 0.05) is 25.5 Å². The Morgan fingerprint density at radius 3 is 2.82 bits per heavy atom. The zero-order valence-electron chi connectivity index (χ0n) is 9.59. The fourth-order valence-corrected chi connectivity index (χ4v) is 1.73. The van der Waals surface area contributed by atoms with Gasteiger partial charge in [0.05, 0.1) is 12.2 Å². The molecule has 0 spiro atoms. The average molecular weight is 236 g/mol. The number of hydrogen-bond acceptors (Lipinski definition) is 4. The van der Waals surface area contributed by atoms with Crippen molar-refractivity contribution in [2.75, 3.05) is 19.8 Å². The van der Waals surface area contributed by atoms with Gasteiger partial charge in [-0.2, -0.15) is 0 Å². The van der Waals surface area contributed by atoms with Crippen LogP contribution in [0.2, 0.25) is 0 Å². The van der Waals surface area contributed by atoms with E-state index in [0.29, 0.717) is 24.0 Å². The first-order chi connectivity index (χ1) is 8.25. The van der Waals surface area contributed by atoms with Crippen LogP contribution in [0.5, 0.6) is 5.88 Å². The molecule has 0 unspecified atom stereocenters. The summed E-state index contributed by atoms with van der Waals surface area (Å²) in [6.07, 6.45) is 3.49. The van der Waals surface area contributed by atoms with E-state index < -0.39 is 5.91 Å². The number of nitrogens with zero attached hydrogens (tertiary/aromatic N) is 1. The highest BCUT2D eigenvalue weighted by Crippen LogP contribution is 2.16. The first kappa shape index (κ1) is 11.9. The van der Waals surface area contributed by atoms with Crippen LogP contribution in [0.4, 0.5) is 0 Å². The number of carbonyl (C=O) groups is 1. The van der Waals surface area contributed by atoms with Crippen LogP contribution in [0, 0.1) is 5.92 Å². The van der Waals surface area contributed by atoms with E-state index in [4.69, 9.17) is 15.2 Å². The summed E-state index contributed by atoms with van der Waals surface area (Å²) >= 11 is 0. The normalized spacial score (nSPS) is 16.7. The lowest BCUT2D eigenvalue weighted by Crippen LogP contribution is -2.21. The number of ether oxygens (including phenoxy) is 2. The lowest BCUT2D eigenvalue weighted by Gasteiger charge is -2.21. The molecule has 1 amide bonds. The van der Waals surface area contributed by atoms with Crippen LogP contribution < -0.4 is 10.5 Å². The van der Waals surface area contributed by atoms with Gasteiger partial charge in [-0.3, -0.25) is 4.79 Å². The highest BCUT2D eigenvalue weighted by Gasteiger charge is 2.14. The first-order valence-corrected chi connectivity index (χ1v) is 5.72. The minimum Gasteiger partial charge on any atom is -0.477 e. The predicted octanol–water partition coefficient (Wildman–Crippen LogP) is 0.986. The second-order valence-corrected chi connectivity index (χ2v) is 4.12. The van der Waals surface area contributed by atoms with Gasteiger partial charge in [0.15, 0.2) is 0 Å². The van der Waals surface area contributed by atoms with E-state index in [1.807, 2.05) is 0 Å². The van der Waals surface area contributed by atoms with Gasteiger partial charge in [-0.25, -0.2) is 4.98 Å². The molecule has 1 aliphatic rings. The van der Waals surface area contributed by atoms with Gasteiger partial charge >= 0.3 is 0 Å². The summed E-state index contributed by atoms with van der Waals surface area (Å²) in [7, 11) is 0. The van der Waals surface area contributed by atoms with Crippen molar-refractivity contribution in [1.29, 1.82) is 0 Å². The Morgan fingerprint density at radius 1 is 1.47 bits per heavy atom. The van der Waals surface area contributed by atoms with Crippen molar-refractivity contribution in [1.82, 2.24) is 4.98 Å². The Morgan fingerprint density at radius 2 is 2.24 bits per heavy atom. The van der Waals surface area contributed by atoms with Crippen molar-refractivity contribution in [3.63, 3.8) is 0 Å². The number of hydrogen-bond donors (Lipinski definition) is 1. The number of pyridine rings is 1. The standard InChI is InChI=1S/C12H16N2O3/c13-12(15)10-1-2-11(14-7-10)17-8-9-3-5-16-6-4-9/h1-2,7,9H,3-6,8H2,(H2,13,15). The molecule has 1 aromatic rings. The Hall–Kier alpha value is -1.62. The highest BCUT2D eigenvalue weighted by molar-refractivity contribution is 5.92. The summed E-state index contributed by atoms with van der Waals surface area (Å²) in [4.78, 5) is 14.9. The lowest BCUT2D eigenvalue weighted by atomic mass is 10.0. The number of primary amides is 1. The summed E-state index contributed by atoms with van der Waals surface area (Å²) in [5.41, 5.74) is 5.51. The zero-order chi connectivity index (χ0) is 12.1. The van der Waals surface area contributed by atoms with E-state index >= 15 is 0 Å². The molecule has 1 aliphatic heterocycles. The average Bonchev–Trinajstić information content (AvgIpc) is 2.38. The molecule has 1 fully saturated rings. The van der Waals surface area contributed by atoms with E-state index in [0.717, 1.165) is 26.1 Å². The van der Waals surface area contributed by atoms with Crippen molar-refractivity contribution in [2.24, 2.45) is 11.7 Å². The second kappa shape index (κ2) is 5.63. The molecule has 0 aromatic carbocycles. The van der Waals surface area contributed by atoms with Crippen LogP contribution in [0.15, 0.2) is 18.3 Å². The molecule has 1 saturated heterocycles. The van der Waals surface area contributed by atoms with Gasteiger partial charge in [0.25, 0.3) is 0 Å². The molecule has 0 saturated carbocycles. The molecule has 0 aliphatic carbocycles. The second-order valence-electron chi connectivity index (χ2n) is 4.12. The Bertz CT molecular complexity index is 372. The number of rotatable bonds is 4. The van der Waals surface area contributed by atoms with Crippen LogP contribution in [0.25, 0.3) is 0 Å². The minimum absolute atomic E-state index is 0.392. The SMILES string of the molecule is NC(=O)c1ccc(OCC2CCOCC2)nc1. The maximum Gasteiger partial charge on any atom is 0.250 e. The maximum atomic E-state index is 10.8. The van der Waals surface area contributed by atoms with Gasteiger partial charge in [-0.05, 0) is 24.8 Å². The van der Waals surface area contributed by atoms with Gasteiger partial charge in [0.1, 0.15) is 0 Å². The monoisotopic (exact) mass is 236 g/mol. The van der Waals surface area contributed by atoms with Crippen LogP contribution in [-0.4, -0.2) is 30.7 Å². The van der Waals surface area contributed by atoms with E-state index in [1.165, 1.54) is 6.20 Å². The molecule has 5 nitrogen and oxygen atoms in total. The lowest BCUT2D eigenvalue weighted by molar-refractivity contribution is 0.0490. The first-order valence-electron chi connectivity index (χ1n) is 5.72. The third-order valence-electron chi connectivity index (χ3n) is 2.83. The van der Waals surface area contributed by atoms with E-state index in [2.05, 4.69) is 4.98 Å². The summed E-state index contributed by atoms with van der Waals surface area (Å²) in [6.45, 7) is 2.26. The molecule has 2 rings (SSSR count). The van der Waals surface area contributed by atoms with Gasteiger partial charge in [-0.15, -0.1) is 0 Å². The smallest absolute Gasteiger partial charge is 0.250 e. The molecular formula is C12H16N2O3. The molecule has 0 atom stereocenters. The summed E-state index contributed by atoms with van der Waals surface area (Å²) in [6, 6.07) is 3.29. The molecule has 0 radical (unpaired) electrons. The Kier molecular flexibility index (Phi) is 3.93. The Balaban J connectivity index is 1.84. The van der Waals surface area contributed by atoms with E-state index in [9.17, 15) is 4.79 Å². The Labute approximate surface area is 99.9 Å². The van der Waals surface area contributed by atoms with Crippen LogP contribution in [0.3, 0.4) is 0 Å². The third kappa shape index (κ3) is 3.42. The summed E-state index contributed by atoms with van der Waals surface area (Å²) in [5.74, 6) is 0.580. The number of aromatic nitrogens is 1. The topological polar surface area (TPSA) is 74.4 Å². The van der Waals surface area contributed by atoms with Gasteiger partial charge in [0.2, 0.25) is 11.8 Å². The quantitative estimate of drug-likeness (QED) is 0.845. The number of amides is 1. The number of nitrogens with two attached hydrogens (primary N) is 1. The minimum atomic E-state index is -0.478. The van der Waals surface area contributed by atoms with Gasteiger partial charge in [-0.1, -0.05) is 0 Å². The zero-order valence-corrected chi connectivity index (χ0v) is 9.59. The highest BCUT2D eigenvalue weighted by atomic mass is 16.5. The van der Waals surface area contributed by atoms with Crippen molar-refractivity contribution >= 4 is 5.91 Å². The van der Waals surface area contributed by atoms with E-state index in [1.54, 1.807) is 12.1 Å². The molecule has 0 bridgehead atoms. The molecule has 17 heavy (non-hydrogen) atoms. The molecule has 2 N–H and O–H groups in total. The van der Waals surface area contributed by atoms with Crippen LogP contribution in [0.1, 0.15) is 23.2 Å². The summed E-state index contributed by atoms with van der Waals surface area (Å²) < 4.78 is 10.8. The number of carbonyl (C=O) groups excluding carboxylic acids is 1. The predicted molar refractivity (Wildman–Crippen MR) is 61.8 cm³/mol. The van der Waals surface area contributed by atoms with Crippen molar-refractivity contribution in [3.8, 4) is 5.88 Å². The van der Waals surface area contributed by atoms with E-state index in [-0.39, 0.29) is 0 Å². The fraction of sp³-hybridized carbons (Fsp3) is 0.500. The molecule has 5 heteroatoms. The largest absolute Gasteiger partial charge is 0.477 e. The van der Waals surface area contributed by atoms with Crippen LogP contribution in [-0.2, 0) is 4.74 Å². The molecule has 1 aromatic heterocycles. The van der Waals surface area contributed by atoms with Crippen molar-refractivity contribution in [3.05, 3.63) is 23.9 Å². The molecular weight excluding hydrogens is 220 g/mol. The molecule has 92 valence electrons.